The number of aliphatic imine (C=N–C) groups is 1. The Balaban J connectivity index is 2.25. The Morgan fingerprint density at radius 3 is 3.07 bits per heavy atom. The molecule has 0 aromatic rings. The number of urea groups is 1. The van der Waals surface area contributed by atoms with Gasteiger partial charge < -0.3 is 15.4 Å². The standard InChI is InChI=1S/C10H17N3O2/c1-2-5-13-9(14)12-8(11)10(13)4-3-6-15-7-10/h2-7H2,1H3,(H2,11,12,14). The minimum atomic E-state index is -0.439. The van der Waals surface area contributed by atoms with Crippen molar-refractivity contribution in [2.24, 2.45) is 10.7 Å². The number of amidine groups is 1. The monoisotopic (exact) mass is 211 g/mol. The zero-order chi connectivity index (χ0) is 10.9. The normalized spacial score (nSPS) is 31.1. The van der Waals surface area contributed by atoms with E-state index in [4.69, 9.17) is 10.5 Å². The highest BCUT2D eigenvalue weighted by molar-refractivity contribution is 6.06. The SMILES string of the molecule is CCCN1C(=O)N=C(N)C12CCCOC2. The summed E-state index contributed by atoms with van der Waals surface area (Å²) in [4.78, 5) is 17.3. The molecule has 1 atom stereocenters. The van der Waals surface area contributed by atoms with Gasteiger partial charge in [0.1, 0.15) is 11.4 Å². The van der Waals surface area contributed by atoms with Crippen molar-refractivity contribution in [3.8, 4) is 0 Å². The van der Waals surface area contributed by atoms with Gasteiger partial charge in [-0.3, -0.25) is 0 Å². The molecule has 0 radical (unpaired) electrons. The van der Waals surface area contributed by atoms with Crippen LogP contribution < -0.4 is 5.73 Å². The minimum absolute atomic E-state index is 0.208. The van der Waals surface area contributed by atoms with E-state index in [2.05, 4.69) is 4.99 Å². The lowest BCUT2D eigenvalue weighted by molar-refractivity contribution is 0.00988. The van der Waals surface area contributed by atoms with Gasteiger partial charge in [0.15, 0.2) is 0 Å². The van der Waals surface area contributed by atoms with Gasteiger partial charge in [0.05, 0.1) is 6.61 Å². The average molecular weight is 211 g/mol. The summed E-state index contributed by atoms with van der Waals surface area (Å²) in [6, 6.07) is -0.208. The van der Waals surface area contributed by atoms with E-state index in [1.165, 1.54) is 0 Å². The third-order valence-corrected chi connectivity index (χ3v) is 3.11. The number of hydrogen-bond acceptors (Lipinski definition) is 3. The number of rotatable bonds is 2. The first-order valence-electron chi connectivity index (χ1n) is 5.45. The van der Waals surface area contributed by atoms with Crippen LogP contribution in [0.4, 0.5) is 4.79 Å². The largest absolute Gasteiger partial charge is 0.385 e. The quantitative estimate of drug-likeness (QED) is 0.732. The fourth-order valence-electron chi connectivity index (χ4n) is 2.32. The highest BCUT2D eigenvalue weighted by Crippen LogP contribution is 2.31. The van der Waals surface area contributed by atoms with Crippen LogP contribution in [0.5, 0.6) is 0 Å². The van der Waals surface area contributed by atoms with Crippen LogP contribution in [0.25, 0.3) is 0 Å². The van der Waals surface area contributed by atoms with Gasteiger partial charge in [-0.1, -0.05) is 6.92 Å². The Morgan fingerprint density at radius 1 is 1.67 bits per heavy atom. The van der Waals surface area contributed by atoms with Crippen LogP contribution in [0.3, 0.4) is 0 Å². The predicted molar refractivity (Wildman–Crippen MR) is 56.8 cm³/mol. The molecule has 1 unspecified atom stereocenters. The smallest absolute Gasteiger partial charge is 0.346 e. The van der Waals surface area contributed by atoms with Crippen molar-refractivity contribution in [2.75, 3.05) is 19.8 Å². The van der Waals surface area contributed by atoms with E-state index in [-0.39, 0.29) is 6.03 Å². The first-order chi connectivity index (χ1) is 7.20. The molecule has 2 amide bonds. The summed E-state index contributed by atoms with van der Waals surface area (Å²) in [5.74, 6) is 0.431. The van der Waals surface area contributed by atoms with E-state index < -0.39 is 5.54 Å². The maximum Gasteiger partial charge on any atom is 0.346 e. The molecule has 2 aliphatic heterocycles. The van der Waals surface area contributed by atoms with E-state index in [1.54, 1.807) is 4.90 Å². The molecule has 1 spiro atoms. The second-order valence-corrected chi connectivity index (χ2v) is 4.12. The first-order valence-corrected chi connectivity index (χ1v) is 5.45. The zero-order valence-corrected chi connectivity index (χ0v) is 9.03. The van der Waals surface area contributed by atoms with Crippen LogP contribution in [-0.4, -0.2) is 42.1 Å². The highest BCUT2D eigenvalue weighted by Gasteiger charge is 2.49. The number of nitrogens with zero attached hydrogens (tertiary/aromatic N) is 2. The number of ether oxygens (including phenoxy) is 1. The van der Waals surface area contributed by atoms with Crippen LogP contribution in [-0.2, 0) is 4.74 Å². The van der Waals surface area contributed by atoms with Gasteiger partial charge in [-0.25, -0.2) is 4.79 Å². The third kappa shape index (κ3) is 1.51. The molecule has 5 heteroatoms. The lowest BCUT2D eigenvalue weighted by Gasteiger charge is -2.40. The Morgan fingerprint density at radius 2 is 2.47 bits per heavy atom. The van der Waals surface area contributed by atoms with Gasteiger partial charge in [0, 0.05) is 13.2 Å². The second kappa shape index (κ2) is 3.81. The molecule has 0 aliphatic carbocycles. The topological polar surface area (TPSA) is 67.9 Å². The maximum absolute atomic E-state index is 11.7. The van der Waals surface area contributed by atoms with Crippen molar-refractivity contribution in [2.45, 2.75) is 31.7 Å². The van der Waals surface area contributed by atoms with Crippen molar-refractivity contribution in [1.29, 1.82) is 0 Å². The fourth-order valence-corrected chi connectivity index (χ4v) is 2.32. The summed E-state index contributed by atoms with van der Waals surface area (Å²) in [6.07, 6.45) is 2.72. The molecule has 1 saturated heterocycles. The lowest BCUT2D eigenvalue weighted by atomic mass is 9.90. The summed E-state index contributed by atoms with van der Waals surface area (Å²) in [7, 11) is 0. The number of hydrogen-bond donors (Lipinski definition) is 1. The molecule has 15 heavy (non-hydrogen) atoms. The van der Waals surface area contributed by atoms with E-state index in [1.807, 2.05) is 6.92 Å². The van der Waals surface area contributed by atoms with Gasteiger partial charge in [-0.05, 0) is 19.3 Å². The summed E-state index contributed by atoms with van der Waals surface area (Å²) in [5, 5.41) is 0. The van der Waals surface area contributed by atoms with Crippen molar-refractivity contribution in [3.63, 3.8) is 0 Å². The van der Waals surface area contributed by atoms with Gasteiger partial charge in [-0.15, -0.1) is 0 Å². The van der Waals surface area contributed by atoms with Crippen molar-refractivity contribution in [1.82, 2.24) is 4.90 Å². The zero-order valence-electron chi connectivity index (χ0n) is 9.03. The van der Waals surface area contributed by atoms with E-state index >= 15 is 0 Å². The summed E-state index contributed by atoms with van der Waals surface area (Å²) < 4.78 is 5.45. The third-order valence-electron chi connectivity index (χ3n) is 3.11. The van der Waals surface area contributed by atoms with Gasteiger partial charge in [0.25, 0.3) is 0 Å². The van der Waals surface area contributed by atoms with Crippen molar-refractivity contribution >= 4 is 11.9 Å². The number of carbonyl (C=O) groups excluding carboxylic acids is 1. The molecule has 0 bridgehead atoms. The van der Waals surface area contributed by atoms with Gasteiger partial charge >= 0.3 is 6.03 Å². The maximum atomic E-state index is 11.7. The minimum Gasteiger partial charge on any atom is -0.385 e. The molecule has 2 N–H and O–H groups in total. The molecule has 5 nitrogen and oxygen atoms in total. The summed E-state index contributed by atoms with van der Waals surface area (Å²) in [6.45, 7) is 3.99. The molecule has 2 heterocycles. The Hall–Kier alpha value is -1.10. The van der Waals surface area contributed by atoms with Crippen LogP contribution in [0.1, 0.15) is 26.2 Å². The molecule has 2 rings (SSSR count). The lowest BCUT2D eigenvalue weighted by Crippen LogP contribution is -2.59. The molecule has 1 fully saturated rings. The molecule has 0 aromatic heterocycles. The van der Waals surface area contributed by atoms with Crippen LogP contribution in [0.2, 0.25) is 0 Å². The first kappa shape index (κ1) is 10.4. The van der Waals surface area contributed by atoms with Crippen LogP contribution >= 0.6 is 0 Å². The number of carbonyl (C=O) groups is 1. The van der Waals surface area contributed by atoms with Crippen LogP contribution in [0.15, 0.2) is 4.99 Å². The number of amides is 2. The predicted octanol–water partition coefficient (Wildman–Crippen LogP) is 0.738. The van der Waals surface area contributed by atoms with E-state index in [9.17, 15) is 4.79 Å². The van der Waals surface area contributed by atoms with Crippen LogP contribution in [0, 0.1) is 0 Å². The van der Waals surface area contributed by atoms with Crippen molar-refractivity contribution < 1.29 is 9.53 Å². The van der Waals surface area contributed by atoms with E-state index in [0.29, 0.717) is 19.0 Å². The Labute approximate surface area is 89.3 Å². The van der Waals surface area contributed by atoms with Crippen molar-refractivity contribution in [3.05, 3.63) is 0 Å². The Bertz CT molecular complexity index is 295. The molecule has 84 valence electrons. The van der Waals surface area contributed by atoms with E-state index in [0.717, 1.165) is 25.9 Å². The molecule has 2 aliphatic rings. The van der Waals surface area contributed by atoms with Gasteiger partial charge in [0.2, 0.25) is 0 Å². The summed E-state index contributed by atoms with van der Waals surface area (Å²) >= 11 is 0. The molecule has 0 aromatic carbocycles. The van der Waals surface area contributed by atoms with Gasteiger partial charge in [-0.2, -0.15) is 4.99 Å². The Kier molecular flexibility index (Phi) is 2.65. The molecular weight excluding hydrogens is 194 g/mol. The second-order valence-electron chi connectivity index (χ2n) is 4.12. The number of nitrogens with two attached hydrogens (primary N) is 1. The fraction of sp³-hybridized carbons (Fsp3) is 0.800. The average Bonchev–Trinajstić information content (AvgIpc) is 2.45. The molecule has 0 saturated carbocycles. The summed E-state index contributed by atoms with van der Waals surface area (Å²) in [5.41, 5.74) is 5.42. The molecular formula is C10H17N3O2. The highest BCUT2D eigenvalue weighted by atomic mass is 16.5.